The molecule has 84 valence electrons. The smallest absolute Gasteiger partial charge is 0.366 e. The second-order valence-electron chi connectivity index (χ2n) is 3.42. The van der Waals surface area contributed by atoms with Gasteiger partial charge in [-0.2, -0.15) is 18.3 Å². The third-order valence-corrected chi connectivity index (χ3v) is 1.73. The molecule has 1 N–H and O–H groups in total. The second-order valence-corrected chi connectivity index (χ2v) is 3.42. The van der Waals surface area contributed by atoms with Gasteiger partial charge in [-0.25, -0.2) is 0 Å². The fraction of sp³-hybridized carbons (Fsp3) is 0.556. The molecule has 1 heterocycles. The minimum absolute atomic E-state index is 0.359. The first-order chi connectivity index (χ1) is 6.87. The van der Waals surface area contributed by atoms with Gasteiger partial charge >= 0.3 is 6.18 Å². The molecule has 1 aromatic heterocycles. The van der Waals surface area contributed by atoms with Crippen molar-refractivity contribution in [3.8, 4) is 0 Å². The molecule has 0 aliphatic heterocycles. The number of halogens is 3. The number of alkyl halides is 3. The summed E-state index contributed by atoms with van der Waals surface area (Å²) in [5, 5.41) is 10.1. The third-order valence-electron chi connectivity index (χ3n) is 1.73. The Morgan fingerprint density at radius 3 is 2.47 bits per heavy atom. The lowest BCUT2D eigenvalue weighted by Crippen LogP contribution is -2.24. The highest BCUT2D eigenvalue weighted by molar-refractivity contribution is 5.33. The molecule has 0 saturated heterocycles. The highest BCUT2D eigenvalue weighted by Gasteiger charge is 2.29. The number of nitrogens with one attached hydrogen (secondary N) is 1. The summed E-state index contributed by atoms with van der Waals surface area (Å²) < 4.78 is 36.0. The molecular formula is C9H12F3N3. The predicted molar refractivity (Wildman–Crippen MR) is 50.5 cm³/mol. The lowest BCUT2D eigenvalue weighted by atomic mass is 10.2. The molecular weight excluding hydrogens is 207 g/mol. The molecule has 0 radical (unpaired) electrons. The second kappa shape index (κ2) is 4.46. The first kappa shape index (κ1) is 11.7. The van der Waals surface area contributed by atoms with Gasteiger partial charge in [0.25, 0.3) is 0 Å². The van der Waals surface area contributed by atoms with Crippen molar-refractivity contribution in [2.24, 2.45) is 0 Å². The Hall–Kier alpha value is -1.33. The van der Waals surface area contributed by atoms with E-state index in [4.69, 9.17) is 0 Å². The molecule has 0 aliphatic carbocycles. The number of hydrogen-bond acceptors (Lipinski definition) is 3. The lowest BCUT2D eigenvalue weighted by molar-refractivity contribution is -0.136. The van der Waals surface area contributed by atoms with Crippen LogP contribution < -0.4 is 5.32 Å². The molecule has 0 aromatic carbocycles. The summed E-state index contributed by atoms with van der Waals surface area (Å²) in [5.41, 5.74) is 0.726. The standard InChI is InChI=1S/C9H12F3N3/c1-6-3-4-8(15-14-6)13-7(2)5-9(10,11)12/h3-4,7H,5H2,1-2H3,(H,13,15). The zero-order valence-electron chi connectivity index (χ0n) is 8.47. The van der Waals surface area contributed by atoms with Crippen LogP contribution in [0.25, 0.3) is 0 Å². The first-order valence-corrected chi connectivity index (χ1v) is 4.50. The van der Waals surface area contributed by atoms with E-state index in [2.05, 4.69) is 15.5 Å². The molecule has 0 amide bonds. The largest absolute Gasteiger partial charge is 0.391 e. The molecule has 3 nitrogen and oxygen atoms in total. The Labute approximate surface area is 85.7 Å². The molecule has 0 spiro atoms. The molecule has 1 unspecified atom stereocenters. The Morgan fingerprint density at radius 2 is 2.00 bits per heavy atom. The maximum atomic E-state index is 12.0. The normalized spacial score (nSPS) is 13.7. The van der Waals surface area contributed by atoms with Crippen LogP contribution in [0.2, 0.25) is 0 Å². The van der Waals surface area contributed by atoms with Gasteiger partial charge in [-0.05, 0) is 26.0 Å². The van der Waals surface area contributed by atoms with Crippen molar-refractivity contribution in [3.63, 3.8) is 0 Å². The van der Waals surface area contributed by atoms with Gasteiger partial charge in [0.15, 0.2) is 0 Å². The highest BCUT2D eigenvalue weighted by atomic mass is 19.4. The molecule has 1 aromatic rings. The average molecular weight is 219 g/mol. The maximum Gasteiger partial charge on any atom is 0.391 e. The summed E-state index contributed by atoms with van der Waals surface area (Å²) >= 11 is 0. The van der Waals surface area contributed by atoms with Crippen LogP contribution in [0, 0.1) is 6.92 Å². The topological polar surface area (TPSA) is 37.8 Å². The van der Waals surface area contributed by atoms with Crippen LogP contribution in [0.3, 0.4) is 0 Å². The Bertz CT molecular complexity index is 307. The highest BCUT2D eigenvalue weighted by Crippen LogP contribution is 2.22. The summed E-state index contributed by atoms with van der Waals surface area (Å²) in [6, 6.07) is 2.59. The molecule has 0 aliphatic rings. The summed E-state index contributed by atoms with van der Waals surface area (Å²) in [4.78, 5) is 0. The molecule has 0 saturated carbocycles. The van der Waals surface area contributed by atoms with E-state index in [1.807, 2.05) is 0 Å². The van der Waals surface area contributed by atoms with Crippen molar-refractivity contribution >= 4 is 5.82 Å². The number of anilines is 1. The van der Waals surface area contributed by atoms with E-state index in [0.29, 0.717) is 5.82 Å². The minimum atomic E-state index is -4.16. The van der Waals surface area contributed by atoms with Crippen LogP contribution in [0.1, 0.15) is 19.0 Å². The average Bonchev–Trinajstić information content (AvgIpc) is 2.05. The monoisotopic (exact) mass is 219 g/mol. The third kappa shape index (κ3) is 4.62. The Balaban J connectivity index is 2.51. The molecule has 0 bridgehead atoms. The summed E-state index contributed by atoms with van der Waals surface area (Å²) in [7, 11) is 0. The van der Waals surface area contributed by atoms with E-state index in [9.17, 15) is 13.2 Å². The van der Waals surface area contributed by atoms with Crippen molar-refractivity contribution in [3.05, 3.63) is 17.8 Å². The van der Waals surface area contributed by atoms with E-state index in [-0.39, 0.29) is 0 Å². The van der Waals surface area contributed by atoms with Crippen molar-refractivity contribution < 1.29 is 13.2 Å². The quantitative estimate of drug-likeness (QED) is 0.848. The van der Waals surface area contributed by atoms with Gasteiger partial charge in [-0.1, -0.05) is 0 Å². The maximum absolute atomic E-state index is 12.0. The molecule has 1 atom stereocenters. The van der Waals surface area contributed by atoms with Crippen LogP contribution >= 0.6 is 0 Å². The molecule has 1 rings (SSSR count). The number of nitrogens with zero attached hydrogens (tertiary/aromatic N) is 2. The summed E-state index contributed by atoms with van der Waals surface area (Å²) in [6.45, 7) is 3.21. The fourth-order valence-corrected chi connectivity index (χ4v) is 1.13. The van der Waals surface area contributed by atoms with Gasteiger partial charge in [0.2, 0.25) is 0 Å². The lowest BCUT2D eigenvalue weighted by Gasteiger charge is -2.15. The number of rotatable bonds is 3. The minimum Gasteiger partial charge on any atom is -0.366 e. The Kier molecular flexibility index (Phi) is 3.49. The van der Waals surface area contributed by atoms with Crippen molar-refractivity contribution in [2.75, 3.05) is 5.32 Å². The van der Waals surface area contributed by atoms with Gasteiger partial charge in [0, 0.05) is 6.04 Å². The van der Waals surface area contributed by atoms with E-state index >= 15 is 0 Å². The van der Waals surface area contributed by atoms with E-state index in [0.717, 1.165) is 5.69 Å². The summed E-state index contributed by atoms with van der Waals surface area (Å²) in [6.07, 6.45) is -5.05. The number of aromatic nitrogens is 2. The van der Waals surface area contributed by atoms with E-state index in [1.165, 1.54) is 6.92 Å². The van der Waals surface area contributed by atoms with Crippen LogP contribution in [0.4, 0.5) is 19.0 Å². The van der Waals surface area contributed by atoms with Crippen molar-refractivity contribution in [1.82, 2.24) is 10.2 Å². The van der Waals surface area contributed by atoms with E-state index < -0.39 is 18.6 Å². The SMILES string of the molecule is Cc1ccc(NC(C)CC(F)(F)F)nn1. The van der Waals surface area contributed by atoms with Crippen LogP contribution in [0.5, 0.6) is 0 Å². The molecule has 0 fully saturated rings. The zero-order chi connectivity index (χ0) is 11.5. The van der Waals surface area contributed by atoms with Crippen molar-refractivity contribution in [1.29, 1.82) is 0 Å². The number of hydrogen-bond donors (Lipinski definition) is 1. The molecule has 15 heavy (non-hydrogen) atoms. The van der Waals surface area contributed by atoms with Gasteiger partial charge in [0.1, 0.15) is 5.82 Å². The summed E-state index contributed by atoms with van der Waals surface area (Å²) in [5.74, 6) is 0.359. The van der Waals surface area contributed by atoms with E-state index in [1.54, 1.807) is 19.1 Å². The predicted octanol–water partition coefficient (Wildman–Crippen LogP) is 2.54. The van der Waals surface area contributed by atoms with Crippen molar-refractivity contribution in [2.45, 2.75) is 32.5 Å². The fourth-order valence-electron chi connectivity index (χ4n) is 1.13. The van der Waals surface area contributed by atoms with Gasteiger partial charge < -0.3 is 5.32 Å². The van der Waals surface area contributed by atoms with Gasteiger partial charge in [-0.15, -0.1) is 5.10 Å². The van der Waals surface area contributed by atoms with Crippen LogP contribution in [-0.2, 0) is 0 Å². The van der Waals surface area contributed by atoms with Crippen LogP contribution in [0.15, 0.2) is 12.1 Å². The van der Waals surface area contributed by atoms with Gasteiger partial charge in [-0.3, -0.25) is 0 Å². The Morgan fingerprint density at radius 1 is 1.33 bits per heavy atom. The van der Waals surface area contributed by atoms with Crippen LogP contribution in [-0.4, -0.2) is 22.4 Å². The zero-order valence-corrected chi connectivity index (χ0v) is 8.47. The molecule has 6 heteroatoms. The first-order valence-electron chi connectivity index (χ1n) is 4.50. The van der Waals surface area contributed by atoms with Gasteiger partial charge in [0.05, 0.1) is 12.1 Å². The number of aryl methyl sites for hydroxylation is 1.